The standard InChI is InChI=1S/C24H16BrFN2O4/c25-21-11-16(6-9-22(21)32-14-15-4-7-19(26)8-5-15)10-18(13-27)23(29)28-20-3-1-2-17(12-20)24(30)31/h1-12H,14H2,(H,28,29)(H,30,31). The normalized spacial score (nSPS) is 10.8. The molecule has 6 nitrogen and oxygen atoms in total. The number of aromatic carboxylic acids is 1. The fourth-order valence-electron chi connectivity index (χ4n) is 2.71. The number of hydrogen-bond donors (Lipinski definition) is 2. The molecule has 0 heterocycles. The first-order valence-electron chi connectivity index (χ1n) is 9.29. The van der Waals surface area contributed by atoms with Crippen LogP contribution in [-0.2, 0) is 11.4 Å². The Morgan fingerprint density at radius 1 is 1.12 bits per heavy atom. The van der Waals surface area contributed by atoms with E-state index in [9.17, 15) is 19.2 Å². The molecule has 3 aromatic carbocycles. The van der Waals surface area contributed by atoms with Gasteiger partial charge in [0.2, 0.25) is 0 Å². The lowest BCUT2D eigenvalue weighted by Crippen LogP contribution is -2.13. The maximum absolute atomic E-state index is 13.0. The van der Waals surface area contributed by atoms with Gasteiger partial charge in [0.05, 0.1) is 10.0 Å². The molecule has 0 fully saturated rings. The van der Waals surface area contributed by atoms with Gasteiger partial charge in [-0.3, -0.25) is 4.79 Å². The molecule has 0 aromatic heterocycles. The van der Waals surface area contributed by atoms with Gasteiger partial charge in [0.15, 0.2) is 0 Å². The summed E-state index contributed by atoms with van der Waals surface area (Å²) in [6, 6.07) is 18.6. The van der Waals surface area contributed by atoms with E-state index < -0.39 is 11.9 Å². The summed E-state index contributed by atoms with van der Waals surface area (Å²) >= 11 is 3.40. The number of ether oxygens (including phenoxy) is 1. The van der Waals surface area contributed by atoms with E-state index in [0.717, 1.165) is 5.56 Å². The molecule has 3 rings (SSSR count). The molecule has 0 saturated carbocycles. The summed E-state index contributed by atoms with van der Waals surface area (Å²) in [5.74, 6) is -1.57. The van der Waals surface area contributed by atoms with Crippen LogP contribution in [0.4, 0.5) is 10.1 Å². The SMILES string of the molecule is N#CC(=Cc1ccc(OCc2ccc(F)cc2)c(Br)c1)C(=O)Nc1cccc(C(=O)O)c1. The number of benzene rings is 3. The molecule has 32 heavy (non-hydrogen) atoms. The molecule has 0 atom stereocenters. The van der Waals surface area contributed by atoms with Crippen LogP contribution in [0.5, 0.6) is 5.75 Å². The van der Waals surface area contributed by atoms with Crippen molar-refractivity contribution in [1.29, 1.82) is 5.26 Å². The number of carboxylic acid groups (broad SMARTS) is 1. The molecule has 0 unspecified atom stereocenters. The van der Waals surface area contributed by atoms with Gasteiger partial charge in [-0.25, -0.2) is 9.18 Å². The average molecular weight is 495 g/mol. The number of nitrogens with one attached hydrogen (secondary N) is 1. The lowest BCUT2D eigenvalue weighted by Gasteiger charge is -2.09. The largest absolute Gasteiger partial charge is 0.488 e. The monoisotopic (exact) mass is 494 g/mol. The van der Waals surface area contributed by atoms with Crippen LogP contribution in [0.25, 0.3) is 6.08 Å². The molecule has 3 aromatic rings. The smallest absolute Gasteiger partial charge is 0.335 e. The Bertz CT molecular complexity index is 1230. The quantitative estimate of drug-likeness (QED) is 0.337. The second kappa shape index (κ2) is 10.4. The van der Waals surface area contributed by atoms with Crippen molar-refractivity contribution in [3.05, 3.63) is 99.3 Å². The van der Waals surface area contributed by atoms with Gasteiger partial charge in [-0.2, -0.15) is 5.26 Å². The number of carboxylic acids is 1. The molecule has 8 heteroatoms. The van der Waals surface area contributed by atoms with Crippen molar-refractivity contribution in [2.45, 2.75) is 6.61 Å². The third kappa shape index (κ3) is 6.03. The first kappa shape index (κ1) is 22.7. The van der Waals surface area contributed by atoms with Crippen LogP contribution >= 0.6 is 15.9 Å². The van der Waals surface area contributed by atoms with Gasteiger partial charge in [-0.15, -0.1) is 0 Å². The molecule has 1 amide bonds. The first-order chi connectivity index (χ1) is 15.4. The van der Waals surface area contributed by atoms with Gasteiger partial charge in [0.1, 0.15) is 29.8 Å². The van der Waals surface area contributed by atoms with Gasteiger partial charge in [-0.05, 0) is 75.6 Å². The molecule has 2 N–H and O–H groups in total. The van der Waals surface area contributed by atoms with Crippen molar-refractivity contribution < 1.29 is 23.8 Å². The fraction of sp³-hybridized carbons (Fsp3) is 0.0417. The summed E-state index contributed by atoms with van der Waals surface area (Å²) in [4.78, 5) is 23.5. The number of hydrogen-bond acceptors (Lipinski definition) is 4. The van der Waals surface area contributed by atoms with Gasteiger partial charge in [0.25, 0.3) is 5.91 Å². The highest BCUT2D eigenvalue weighted by atomic mass is 79.9. The van der Waals surface area contributed by atoms with Crippen molar-refractivity contribution in [1.82, 2.24) is 0 Å². The molecule has 0 radical (unpaired) electrons. The van der Waals surface area contributed by atoms with E-state index in [1.54, 1.807) is 30.3 Å². The van der Waals surface area contributed by atoms with Crippen LogP contribution in [0.2, 0.25) is 0 Å². The Morgan fingerprint density at radius 2 is 1.88 bits per heavy atom. The van der Waals surface area contributed by atoms with E-state index in [4.69, 9.17) is 9.84 Å². The maximum Gasteiger partial charge on any atom is 0.335 e. The molecule has 0 aliphatic rings. The Balaban J connectivity index is 1.71. The minimum atomic E-state index is -1.12. The van der Waals surface area contributed by atoms with Crippen molar-refractivity contribution in [3.8, 4) is 11.8 Å². The predicted molar refractivity (Wildman–Crippen MR) is 120 cm³/mol. The Hall–Kier alpha value is -3.96. The minimum Gasteiger partial charge on any atom is -0.488 e. The minimum absolute atomic E-state index is 0.0189. The Kier molecular flexibility index (Phi) is 7.37. The summed E-state index contributed by atoms with van der Waals surface area (Å²) < 4.78 is 19.3. The van der Waals surface area contributed by atoms with Gasteiger partial charge >= 0.3 is 5.97 Å². The van der Waals surface area contributed by atoms with Gasteiger partial charge in [-0.1, -0.05) is 24.3 Å². The van der Waals surface area contributed by atoms with E-state index in [-0.39, 0.29) is 29.2 Å². The lowest BCUT2D eigenvalue weighted by molar-refractivity contribution is -0.112. The van der Waals surface area contributed by atoms with Crippen molar-refractivity contribution in [2.75, 3.05) is 5.32 Å². The summed E-state index contributed by atoms with van der Waals surface area (Å²) in [6.07, 6.45) is 1.41. The maximum atomic E-state index is 13.0. The van der Waals surface area contributed by atoms with Crippen LogP contribution < -0.4 is 10.1 Å². The zero-order chi connectivity index (χ0) is 23.1. The number of carbonyl (C=O) groups excluding carboxylic acids is 1. The Labute approximate surface area is 191 Å². The van der Waals surface area contributed by atoms with E-state index >= 15 is 0 Å². The molecule has 0 spiro atoms. The number of amides is 1. The molecular weight excluding hydrogens is 479 g/mol. The van der Waals surface area contributed by atoms with E-state index in [0.29, 0.717) is 15.8 Å². The highest BCUT2D eigenvalue weighted by Gasteiger charge is 2.12. The van der Waals surface area contributed by atoms with Crippen LogP contribution in [0.3, 0.4) is 0 Å². The van der Waals surface area contributed by atoms with Crippen molar-refractivity contribution in [3.63, 3.8) is 0 Å². The van der Waals surface area contributed by atoms with Crippen LogP contribution in [0, 0.1) is 17.1 Å². The van der Waals surface area contributed by atoms with Crippen LogP contribution in [0.1, 0.15) is 21.5 Å². The molecule has 0 aliphatic carbocycles. The number of halogens is 2. The average Bonchev–Trinajstić information content (AvgIpc) is 2.78. The molecular formula is C24H16BrFN2O4. The summed E-state index contributed by atoms with van der Waals surface area (Å²) in [5.41, 5.74) is 1.51. The van der Waals surface area contributed by atoms with Crippen LogP contribution in [0.15, 0.2) is 76.8 Å². The third-order valence-corrected chi connectivity index (χ3v) is 4.93. The number of nitrogens with zero attached hydrogens (tertiary/aromatic N) is 1. The molecule has 0 saturated heterocycles. The topological polar surface area (TPSA) is 99.4 Å². The second-order valence-electron chi connectivity index (χ2n) is 6.61. The summed E-state index contributed by atoms with van der Waals surface area (Å²) in [5, 5.41) is 21.0. The number of rotatable bonds is 7. The highest BCUT2D eigenvalue weighted by molar-refractivity contribution is 9.10. The summed E-state index contributed by atoms with van der Waals surface area (Å²) in [7, 11) is 0. The van der Waals surface area contributed by atoms with Gasteiger partial charge < -0.3 is 15.2 Å². The molecule has 0 bridgehead atoms. The molecule has 0 aliphatic heterocycles. The fourth-order valence-corrected chi connectivity index (χ4v) is 3.22. The Morgan fingerprint density at radius 3 is 2.53 bits per heavy atom. The van der Waals surface area contributed by atoms with Crippen molar-refractivity contribution in [2.24, 2.45) is 0 Å². The highest BCUT2D eigenvalue weighted by Crippen LogP contribution is 2.28. The van der Waals surface area contributed by atoms with E-state index in [2.05, 4.69) is 21.2 Å². The zero-order valence-electron chi connectivity index (χ0n) is 16.5. The summed E-state index contributed by atoms with van der Waals surface area (Å²) in [6.45, 7) is 0.245. The third-order valence-electron chi connectivity index (χ3n) is 4.31. The van der Waals surface area contributed by atoms with Crippen molar-refractivity contribution >= 4 is 39.6 Å². The molecule has 160 valence electrons. The number of carbonyl (C=O) groups is 2. The van der Waals surface area contributed by atoms with Crippen LogP contribution in [-0.4, -0.2) is 17.0 Å². The number of anilines is 1. The van der Waals surface area contributed by atoms with Gasteiger partial charge in [0, 0.05) is 5.69 Å². The van der Waals surface area contributed by atoms with E-state index in [1.165, 1.54) is 42.5 Å². The first-order valence-corrected chi connectivity index (χ1v) is 10.1. The van der Waals surface area contributed by atoms with E-state index in [1.807, 2.05) is 6.07 Å². The zero-order valence-corrected chi connectivity index (χ0v) is 18.1. The second-order valence-corrected chi connectivity index (χ2v) is 7.47. The predicted octanol–water partition coefficient (Wildman–Crippen LogP) is 5.41. The number of nitriles is 1. The lowest BCUT2D eigenvalue weighted by atomic mass is 10.1.